The number of piperidine rings is 1. The highest BCUT2D eigenvalue weighted by atomic mass is 32.2. The normalized spacial score (nSPS) is 20.6. The molecule has 0 bridgehead atoms. The first-order valence-corrected chi connectivity index (χ1v) is 8.80. The lowest BCUT2D eigenvalue weighted by Gasteiger charge is -2.36. The van der Waals surface area contributed by atoms with Crippen LogP contribution in [0.3, 0.4) is 0 Å². The van der Waals surface area contributed by atoms with Crippen molar-refractivity contribution >= 4 is 21.4 Å². The molecule has 0 unspecified atom stereocenters. The average Bonchev–Trinajstić information content (AvgIpc) is 2.77. The summed E-state index contributed by atoms with van der Waals surface area (Å²) in [4.78, 5) is 0.914. The van der Waals surface area contributed by atoms with Crippen molar-refractivity contribution in [1.29, 1.82) is 0 Å². The smallest absolute Gasteiger partial charge is 0.252 e. The Hall–Kier alpha value is -0.430. The molecule has 0 aromatic carbocycles. The maximum atomic E-state index is 12.6. The quantitative estimate of drug-likeness (QED) is 0.926. The van der Waals surface area contributed by atoms with E-state index in [9.17, 15) is 8.42 Å². The number of nitrogens with zero attached hydrogens (tertiary/aromatic N) is 1. The van der Waals surface area contributed by atoms with Crippen molar-refractivity contribution in [3.63, 3.8) is 0 Å². The van der Waals surface area contributed by atoms with Gasteiger partial charge >= 0.3 is 0 Å². The van der Waals surface area contributed by atoms with Gasteiger partial charge in [-0.15, -0.1) is 11.3 Å². The highest BCUT2D eigenvalue weighted by Crippen LogP contribution is 2.33. The van der Waals surface area contributed by atoms with Crippen LogP contribution in [0, 0.1) is 5.41 Å². The van der Waals surface area contributed by atoms with Gasteiger partial charge in [0.15, 0.2) is 0 Å². The first-order chi connectivity index (χ1) is 8.85. The molecule has 19 heavy (non-hydrogen) atoms. The topological polar surface area (TPSA) is 57.6 Å². The van der Waals surface area contributed by atoms with Crippen LogP contribution in [0.25, 0.3) is 0 Å². The van der Waals surface area contributed by atoms with E-state index in [0.29, 0.717) is 23.7 Å². The standard InChI is InChI=1S/C13H21NO3S2/c1-13(2)7-3-8-14(10-13)19(16,17)12-5-4-11(18-12)6-9-15/h4-5,15H,3,6-10H2,1-2H3. The minimum Gasteiger partial charge on any atom is -0.396 e. The molecular weight excluding hydrogens is 282 g/mol. The largest absolute Gasteiger partial charge is 0.396 e. The van der Waals surface area contributed by atoms with E-state index in [1.54, 1.807) is 16.4 Å². The number of sulfonamides is 1. The third kappa shape index (κ3) is 3.37. The van der Waals surface area contributed by atoms with Gasteiger partial charge in [-0.25, -0.2) is 8.42 Å². The Morgan fingerprint density at radius 2 is 2.16 bits per heavy atom. The van der Waals surface area contributed by atoms with Crippen molar-refractivity contribution in [2.75, 3.05) is 19.7 Å². The molecule has 0 radical (unpaired) electrons. The molecule has 1 N–H and O–H groups in total. The Morgan fingerprint density at radius 1 is 1.42 bits per heavy atom. The van der Waals surface area contributed by atoms with E-state index < -0.39 is 10.0 Å². The van der Waals surface area contributed by atoms with E-state index in [1.807, 2.05) is 0 Å². The Morgan fingerprint density at radius 3 is 2.79 bits per heavy atom. The molecule has 1 aliphatic rings. The molecule has 1 saturated heterocycles. The zero-order chi connectivity index (χ0) is 14.1. The minimum absolute atomic E-state index is 0.0521. The lowest BCUT2D eigenvalue weighted by Crippen LogP contribution is -2.43. The maximum Gasteiger partial charge on any atom is 0.252 e. The predicted molar refractivity (Wildman–Crippen MR) is 76.9 cm³/mol. The summed E-state index contributed by atoms with van der Waals surface area (Å²) in [5.74, 6) is 0. The zero-order valence-corrected chi connectivity index (χ0v) is 13.1. The molecule has 0 aliphatic carbocycles. The molecule has 0 spiro atoms. The average molecular weight is 303 g/mol. The Labute approximate surface area is 119 Å². The summed E-state index contributed by atoms with van der Waals surface area (Å²) >= 11 is 1.27. The number of hydrogen-bond acceptors (Lipinski definition) is 4. The second-order valence-corrected chi connectivity index (χ2v) is 9.13. The van der Waals surface area contributed by atoms with Crippen LogP contribution in [-0.4, -0.2) is 37.5 Å². The van der Waals surface area contributed by atoms with Gasteiger partial charge in [0.05, 0.1) is 0 Å². The molecule has 1 aromatic heterocycles. The van der Waals surface area contributed by atoms with E-state index in [4.69, 9.17) is 5.11 Å². The third-order valence-electron chi connectivity index (χ3n) is 3.45. The molecule has 0 amide bonds. The van der Waals surface area contributed by atoms with Crippen LogP contribution in [0.4, 0.5) is 0 Å². The maximum absolute atomic E-state index is 12.6. The van der Waals surface area contributed by atoms with Crippen molar-refractivity contribution in [1.82, 2.24) is 4.31 Å². The molecule has 0 saturated carbocycles. The number of aliphatic hydroxyl groups excluding tert-OH is 1. The molecular formula is C13H21NO3S2. The highest BCUT2D eigenvalue weighted by Gasteiger charge is 2.34. The fourth-order valence-electron chi connectivity index (χ4n) is 2.44. The first-order valence-electron chi connectivity index (χ1n) is 6.55. The lowest BCUT2D eigenvalue weighted by atomic mass is 9.85. The van der Waals surface area contributed by atoms with Crippen LogP contribution in [0.5, 0.6) is 0 Å². The predicted octanol–water partition coefficient (Wildman–Crippen LogP) is 2.09. The summed E-state index contributed by atoms with van der Waals surface area (Å²) in [7, 11) is -3.36. The number of rotatable bonds is 4. The van der Waals surface area contributed by atoms with E-state index in [2.05, 4.69) is 13.8 Å². The summed E-state index contributed by atoms with van der Waals surface area (Å²) in [5.41, 5.74) is 0.0521. The fraction of sp³-hybridized carbons (Fsp3) is 0.692. The molecule has 4 nitrogen and oxygen atoms in total. The number of thiophene rings is 1. The summed E-state index contributed by atoms with van der Waals surface area (Å²) in [6.45, 7) is 5.47. The number of hydrogen-bond donors (Lipinski definition) is 1. The molecule has 2 rings (SSSR count). The van der Waals surface area contributed by atoms with Gasteiger partial charge in [-0.3, -0.25) is 0 Å². The van der Waals surface area contributed by atoms with E-state index in [1.165, 1.54) is 11.3 Å². The van der Waals surface area contributed by atoms with Gasteiger partial charge in [0, 0.05) is 31.0 Å². The molecule has 2 heterocycles. The molecule has 1 aromatic rings. The van der Waals surface area contributed by atoms with E-state index in [0.717, 1.165) is 17.7 Å². The lowest BCUT2D eigenvalue weighted by molar-refractivity contribution is 0.187. The van der Waals surface area contributed by atoms with Gasteiger partial charge in [0.1, 0.15) is 4.21 Å². The van der Waals surface area contributed by atoms with Crippen LogP contribution >= 0.6 is 11.3 Å². The van der Waals surface area contributed by atoms with E-state index in [-0.39, 0.29) is 12.0 Å². The molecule has 0 atom stereocenters. The van der Waals surface area contributed by atoms with Crippen molar-refractivity contribution in [2.24, 2.45) is 5.41 Å². The monoisotopic (exact) mass is 303 g/mol. The Balaban J connectivity index is 2.21. The second-order valence-electron chi connectivity index (χ2n) is 5.80. The van der Waals surface area contributed by atoms with Crippen LogP contribution < -0.4 is 0 Å². The highest BCUT2D eigenvalue weighted by molar-refractivity contribution is 7.91. The van der Waals surface area contributed by atoms with Crippen molar-refractivity contribution in [3.05, 3.63) is 17.0 Å². The number of aliphatic hydroxyl groups is 1. The van der Waals surface area contributed by atoms with Gasteiger partial charge < -0.3 is 5.11 Å². The summed E-state index contributed by atoms with van der Waals surface area (Å²) in [6.07, 6.45) is 2.51. The van der Waals surface area contributed by atoms with Gasteiger partial charge in [-0.05, 0) is 30.4 Å². The fourth-order valence-corrected chi connectivity index (χ4v) is 5.61. The minimum atomic E-state index is -3.36. The van der Waals surface area contributed by atoms with Crippen molar-refractivity contribution in [2.45, 2.75) is 37.3 Å². The third-order valence-corrected chi connectivity index (χ3v) is 6.91. The van der Waals surface area contributed by atoms with Crippen LogP contribution in [-0.2, 0) is 16.4 Å². The van der Waals surface area contributed by atoms with Gasteiger partial charge in [-0.1, -0.05) is 13.8 Å². The summed E-state index contributed by atoms with van der Waals surface area (Å²) in [5, 5.41) is 8.90. The molecule has 1 aliphatic heterocycles. The van der Waals surface area contributed by atoms with Crippen LogP contribution in [0.1, 0.15) is 31.6 Å². The van der Waals surface area contributed by atoms with Gasteiger partial charge in [0.2, 0.25) is 0 Å². The molecule has 108 valence electrons. The summed E-state index contributed by atoms with van der Waals surface area (Å²) < 4.78 is 27.1. The van der Waals surface area contributed by atoms with Crippen LogP contribution in [0.2, 0.25) is 0 Å². The van der Waals surface area contributed by atoms with Gasteiger partial charge in [-0.2, -0.15) is 4.31 Å². The van der Waals surface area contributed by atoms with Gasteiger partial charge in [0.25, 0.3) is 10.0 Å². The molecule has 1 fully saturated rings. The second kappa shape index (κ2) is 5.52. The molecule has 6 heteroatoms. The Bertz CT molecular complexity index is 534. The van der Waals surface area contributed by atoms with Crippen molar-refractivity contribution in [3.8, 4) is 0 Å². The van der Waals surface area contributed by atoms with Crippen molar-refractivity contribution < 1.29 is 13.5 Å². The van der Waals surface area contributed by atoms with E-state index >= 15 is 0 Å². The first kappa shape index (κ1) is 15.0. The zero-order valence-electron chi connectivity index (χ0n) is 11.4. The Kier molecular flexibility index (Phi) is 4.35. The SMILES string of the molecule is CC1(C)CCCN(S(=O)(=O)c2ccc(CCO)s2)C1. The summed E-state index contributed by atoms with van der Waals surface area (Å²) in [6, 6.07) is 3.45. The van der Waals surface area contributed by atoms with Crippen LogP contribution in [0.15, 0.2) is 16.3 Å².